The van der Waals surface area contributed by atoms with Crippen LogP contribution in [0.25, 0.3) is 0 Å². The molecule has 0 aromatic heterocycles. The van der Waals surface area contributed by atoms with E-state index < -0.39 is 11.7 Å². The summed E-state index contributed by atoms with van der Waals surface area (Å²) in [6.07, 6.45) is -4.41. The molecule has 0 saturated carbocycles. The molecule has 1 aliphatic heterocycles. The second-order valence-corrected chi connectivity index (χ2v) is 9.36. The molecule has 2 aromatic carbocycles. The summed E-state index contributed by atoms with van der Waals surface area (Å²) in [6.45, 7) is 16.8. The van der Waals surface area contributed by atoms with Gasteiger partial charge in [0.25, 0.3) is 5.91 Å². The van der Waals surface area contributed by atoms with Crippen molar-refractivity contribution >= 4 is 5.91 Å². The topological polar surface area (TPSA) is 36.0 Å². The highest BCUT2D eigenvalue weighted by atomic mass is 19.4. The van der Waals surface area contributed by atoms with Crippen LogP contribution in [0.4, 0.5) is 13.2 Å². The predicted octanol–water partition coefficient (Wildman–Crippen LogP) is 5.56. The van der Waals surface area contributed by atoms with Crippen LogP contribution in [0.3, 0.4) is 0 Å². The molecule has 0 radical (unpaired) electrons. The van der Waals surface area contributed by atoms with E-state index in [2.05, 4.69) is 56.6 Å². The van der Waals surface area contributed by atoms with E-state index in [1.807, 2.05) is 0 Å². The van der Waals surface area contributed by atoms with E-state index in [-0.39, 0.29) is 17.5 Å². The molecule has 36 heavy (non-hydrogen) atoms. The van der Waals surface area contributed by atoms with Gasteiger partial charge in [-0.05, 0) is 80.9 Å². The minimum atomic E-state index is -4.41. The fourth-order valence-corrected chi connectivity index (χ4v) is 4.74. The zero-order valence-corrected chi connectivity index (χ0v) is 22.0. The molecule has 1 amide bonds. The van der Waals surface area contributed by atoms with Gasteiger partial charge in [-0.2, -0.15) is 13.2 Å². The number of hydrogen-bond acceptors (Lipinski definition) is 4. The van der Waals surface area contributed by atoms with Crippen LogP contribution in [0.15, 0.2) is 36.4 Å². The molecule has 5 nitrogen and oxygen atoms in total. The van der Waals surface area contributed by atoms with E-state index in [1.54, 1.807) is 4.90 Å². The van der Waals surface area contributed by atoms with Crippen LogP contribution in [0, 0.1) is 13.8 Å². The summed E-state index contributed by atoms with van der Waals surface area (Å²) in [6, 6.07) is 8.83. The van der Waals surface area contributed by atoms with E-state index in [4.69, 9.17) is 4.74 Å². The van der Waals surface area contributed by atoms with Crippen molar-refractivity contribution in [3.05, 3.63) is 64.2 Å². The Morgan fingerprint density at radius 3 is 2.14 bits per heavy atom. The normalized spacial score (nSPS) is 15.9. The molecule has 1 unspecified atom stereocenters. The van der Waals surface area contributed by atoms with Gasteiger partial charge in [-0.3, -0.25) is 9.69 Å². The molecule has 0 N–H and O–H groups in total. The molecule has 1 saturated heterocycles. The number of likely N-dealkylation sites (N-methyl/N-ethyl adjacent to an activating group) is 1. The van der Waals surface area contributed by atoms with Crippen LogP contribution >= 0.6 is 0 Å². The minimum absolute atomic E-state index is 0.178. The van der Waals surface area contributed by atoms with Crippen molar-refractivity contribution in [3.8, 4) is 5.75 Å². The summed E-state index contributed by atoms with van der Waals surface area (Å²) in [5, 5.41) is 0. The quantitative estimate of drug-likeness (QED) is 0.447. The number of benzene rings is 2. The molecule has 0 bridgehead atoms. The predicted molar refractivity (Wildman–Crippen MR) is 137 cm³/mol. The Bertz CT molecular complexity index is 1010. The van der Waals surface area contributed by atoms with Crippen molar-refractivity contribution in [2.45, 2.75) is 46.8 Å². The largest absolute Gasteiger partial charge is 0.492 e. The second kappa shape index (κ2) is 12.1. The van der Waals surface area contributed by atoms with Gasteiger partial charge >= 0.3 is 6.18 Å². The maximum absolute atomic E-state index is 12.8. The Kier molecular flexibility index (Phi) is 9.41. The number of nitrogens with zero attached hydrogens (tertiary/aromatic N) is 3. The zero-order valence-electron chi connectivity index (χ0n) is 22.0. The lowest BCUT2D eigenvalue weighted by molar-refractivity contribution is -0.137. The summed E-state index contributed by atoms with van der Waals surface area (Å²) in [4.78, 5) is 19.2. The van der Waals surface area contributed by atoms with Crippen LogP contribution in [-0.2, 0) is 6.18 Å². The van der Waals surface area contributed by atoms with E-state index in [1.165, 1.54) is 23.3 Å². The first-order chi connectivity index (χ1) is 17.1. The van der Waals surface area contributed by atoms with Gasteiger partial charge in [-0.1, -0.05) is 19.9 Å². The Morgan fingerprint density at radius 2 is 1.58 bits per heavy atom. The zero-order chi connectivity index (χ0) is 26.5. The third-order valence-corrected chi connectivity index (χ3v) is 7.40. The molecule has 3 rings (SSSR count). The summed E-state index contributed by atoms with van der Waals surface area (Å²) in [7, 11) is 0. The summed E-state index contributed by atoms with van der Waals surface area (Å²) in [5.74, 6) is 0.692. The third kappa shape index (κ3) is 6.59. The Labute approximate surface area is 212 Å². The van der Waals surface area contributed by atoms with Crippen LogP contribution < -0.4 is 4.74 Å². The molecular weight excluding hydrogens is 467 g/mol. The highest BCUT2D eigenvalue weighted by Crippen LogP contribution is 2.32. The van der Waals surface area contributed by atoms with Gasteiger partial charge in [0, 0.05) is 44.3 Å². The lowest BCUT2D eigenvalue weighted by Gasteiger charge is -2.39. The molecule has 198 valence electrons. The Morgan fingerprint density at radius 1 is 0.972 bits per heavy atom. The van der Waals surface area contributed by atoms with Crippen molar-refractivity contribution in [3.63, 3.8) is 0 Å². The third-order valence-electron chi connectivity index (χ3n) is 7.40. The van der Waals surface area contributed by atoms with Gasteiger partial charge in [0.05, 0.1) is 5.56 Å². The summed E-state index contributed by atoms with van der Waals surface area (Å²) < 4.78 is 44.5. The molecular formula is C28H38F3N3O2. The first-order valence-corrected chi connectivity index (χ1v) is 12.7. The van der Waals surface area contributed by atoms with Crippen molar-refractivity contribution in [1.29, 1.82) is 0 Å². The van der Waals surface area contributed by atoms with Crippen LogP contribution in [0.2, 0.25) is 0 Å². The standard InChI is InChI=1S/C28H38F3N3O2/c1-6-32(7-2)18-19-36-26-13-12-25(20(3)21(26)4)22(5)33-14-16-34(17-15-33)27(35)23-8-10-24(11-9-23)28(29,30)31/h8-13,22H,6-7,14-19H2,1-5H3. The van der Waals surface area contributed by atoms with E-state index >= 15 is 0 Å². The van der Waals surface area contributed by atoms with Gasteiger partial charge in [0.1, 0.15) is 12.4 Å². The first kappa shape index (κ1) is 28.0. The smallest absolute Gasteiger partial charge is 0.416 e. The van der Waals surface area contributed by atoms with E-state index in [0.29, 0.717) is 32.8 Å². The number of rotatable bonds is 9. The summed E-state index contributed by atoms with van der Waals surface area (Å²) >= 11 is 0. The Hall–Kier alpha value is -2.58. The highest BCUT2D eigenvalue weighted by Gasteiger charge is 2.31. The average Bonchev–Trinajstić information content (AvgIpc) is 2.88. The van der Waals surface area contributed by atoms with Crippen molar-refractivity contribution in [1.82, 2.24) is 14.7 Å². The van der Waals surface area contributed by atoms with Gasteiger partial charge in [0.2, 0.25) is 0 Å². The SMILES string of the molecule is CCN(CC)CCOc1ccc(C(C)N2CCN(C(=O)c3ccc(C(F)(F)F)cc3)CC2)c(C)c1C. The van der Waals surface area contributed by atoms with Gasteiger partial charge in [-0.25, -0.2) is 0 Å². The molecule has 1 atom stereocenters. The van der Waals surface area contributed by atoms with Gasteiger partial charge in [-0.15, -0.1) is 0 Å². The molecule has 1 aliphatic rings. The maximum Gasteiger partial charge on any atom is 0.416 e. The van der Waals surface area contributed by atoms with Crippen LogP contribution in [-0.4, -0.2) is 73.0 Å². The number of amides is 1. The van der Waals surface area contributed by atoms with Gasteiger partial charge < -0.3 is 14.5 Å². The molecule has 0 aliphatic carbocycles. The molecule has 0 spiro atoms. The molecule has 8 heteroatoms. The Balaban J connectivity index is 1.58. The highest BCUT2D eigenvalue weighted by molar-refractivity contribution is 5.94. The fourth-order valence-electron chi connectivity index (χ4n) is 4.74. The monoisotopic (exact) mass is 505 g/mol. The van der Waals surface area contributed by atoms with E-state index in [0.717, 1.165) is 43.1 Å². The average molecular weight is 506 g/mol. The number of piperazine rings is 1. The first-order valence-electron chi connectivity index (χ1n) is 12.7. The van der Waals surface area contributed by atoms with Crippen LogP contribution in [0.5, 0.6) is 5.75 Å². The number of hydrogen-bond donors (Lipinski definition) is 0. The molecule has 2 aromatic rings. The second-order valence-electron chi connectivity index (χ2n) is 9.36. The number of alkyl halides is 3. The van der Waals surface area contributed by atoms with Crippen molar-refractivity contribution in [2.75, 3.05) is 52.4 Å². The number of carbonyl (C=O) groups is 1. The van der Waals surface area contributed by atoms with Crippen molar-refractivity contribution < 1.29 is 22.7 Å². The van der Waals surface area contributed by atoms with E-state index in [9.17, 15) is 18.0 Å². The number of ether oxygens (including phenoxy) is 1. The summed E-state index contributed by atoms with van der Waals surface area (Å²) in [5.41, 5.74) is 3.14. The number of carbonyl (C=O) groups excluding carboxylic acids is 1. The molecule has 1 heterocycles. The minimum Gasteiger partial charge on any atom is -0.492 e. The fraction of sp³-hybridized carbons (Fsp3) is 0.536. The van der Waals surface area contributed by atoms with Crippen molar-refractivity contribution in [2.24, 2.45) is 0 Å². The molecule has 1 fully saturated rings. The number of halogens is 3. The lowest BCUT2D eigenvalue weighted by atomic mass is 9.96. The van der Waals surface area contributed by atoms with Gasteiger partial charge in [0.15, 0.2) is 0 Å². The lowest BCUT2D eigenvalue weighted by Crippen LogP contribution is -2.49. The van der Waals surface area contributed by atoms with Crippen LogP contribution in [0.1, 0.15) is 59.4 Å². The maximum atomic E-state index is 12.8.